The number of aryl methyl sites for hydroxylation is 1. The fourth-order valence-corrected chi connectivity index (χ4v) is 3.62. The Morgan fingerprint density at radius 2 is 2.00 bits per heavy atom. The maximum Gasteiger partial charge on any atom is 0.573 e. The number of hydrogen-bond acceptors (Lipinski definition) is 4. The van der Waals surface area contributed by atoms with Gasteiger partial charge in [-0.15, -0.1) is 13.2 Å². The number of alkyl halides is 3. The van der Waals surface area contributed by atoms with Gasteiger partial charge in [0, 0.05) is 0 Å². The number of ether oxygens (including phenoxy) is 1. The molecule has 3 aromatic rings. The van der Waals surface area contributed by atoms with E-state index in [2.05, 4.69) is 35.7 Å². The molecule has 0 saturated carbocycles. The number of nitrogens with zero attached hydrogens (tertiary/aromatic N) is 4. The number of benzene rings is 1. The molecular weight excluding hydrogens is 456 g/mol. The fourth-order valence-electron chi connectivity index (χ4n) is 2.67. The number of fused-ring (bicyclic) bond motifs is 1. The van der Waals surface area contributed by atoms with Crippen LogP contribution in [0.4, 0.5) is 17.6 Å². The van der Waals surface area contributed by atoms with Gasteiger partial charge >= 0.3 is 6.36 Å². The molecule has 2 heterocycles. The Labute approximate surface area is 164 Å². The molecule has 0 spiro atoms. The standard InChI is InChI=1S/C16H12BrClF4N4O/c1-7(5-9-3-4-11(10(19)6-9)27-16(20,21)22)26-15-12(13(17)25-26)14(18)23-8(2)24-15/h3-4,6-7H,5H2,1-2H3. The lowest BCUT2D eigenvalue weighted by Gasteiger charge is -2.15. The molecule has 0 radical (unpaired) electrons. The molecule has 1 atom stereocenters. The maximum absolute atomic E-state index is 13.9. The normalized spacial score (nSPS) is 13.2. The summed E-state index contributed by atoms with van der Waals surface area (Å²) in [5, 5.41) is 5.16. The highest BCUT2D eigenvalue weighted by molar-refractivity contribution is 9.10. The van der Waals surface area contributed by atoms with Crippen LogP contribution in [0.15, 0.2) is 22.8 Å². The van der Waals surface area contributed by atoms with Gasteiger partial charge in [-0.05, 0) is 53.9 Å². The quantitative estimate of drug-likeness (QED) is 0.381. The average Bonchev–Trinajstić information content (AvgIpc) is 2.86. The van der Waals surface area contributed by atoms with Gasteiger partial charge in [0.05, 0.1) is 11.4 Å². The topological polar surface area (TPSA) is 52.8 Å². The van der Waals surface area contributed by atoms with Crippen molar-refractivity contribution < 1.29 is 22.3 Å². The van der Waals surface area contributed by atoms with Crippen molar-refractivity contribution in [3.63, 3.8) is 0 Å². The second kappa shape index (κ2) is 7.23. The number of hydrogen-bond donors (Lipinski definition) is 0. The molecule has 1 unspecified atom stereocenters. The third kappa shape index (κ3) is 4.32. The first kappa shape index (κ1) is 19.8. The van der Waals surface area contributed by atoms with Crippen LogP contribution >= 0.6 is 27.5 Å². The Kier molecular flexibility index (Phi) is 5.31. The Bertz CT molecular complexity index is 1010. The van der Waals surface area contributed by atoms with Gasteiger partial charge in [0.2, 0.25) is 0 Å². The number of rotatable bonds is 4. The summed E-state index contributed by atoms with van der Waals surface area (Å²) in [5.41, 5.74) is 0.982. The summed E-state index contributed by atoms with van der Waals surface area (Å²) in [6, 6.07) is 3.05. The fraction of sp³-hybridized carbons (Fsp3) is 0.312. The van der Waals surface area contributed by atoms with Crippen molar-refractivity contribution in [3.05, 3.63) is 45.2 Å². The highest BCUT2D eigenvalue weighted by Crippen LogP contribution is 2.31. The summed E-state index contributed by atoms with van der Waals surface area (Å²) in [6.45, 7) is 3.51. The van der Waals surface area contributed by atoms with E-state index in [1.165, 1.54) is 6.07 Å². The molecule has 0 aliphatic carbocycles. The minimum absolute atomic E-state index is 0.252. The molecule has 1 aromatic carbocycles. The molecule has 0 aliphatic heterocycles. The zero-order valence-electron chi connectivity index (χ0n) is 14.0. The van der Waals surface area contributed by atoms with Crippen molar-refractivity contribution in [1.29, 1.82) is 0 Å². The Balaban J connectivity index is 1.89. The molecule has 144 valence electrons. The highest BCUT2D eigenvalue weighted by Gasteiger charge is 2.32. The third-order valence-electron chi connectivity index (χ3n) is 3.75. The minimum atomic E-state index is -4.95. The minimum Gasteiger partial charge on any atom is -0.403 e. The van der Waals surface area contributed by atoms with E-state index in [-0.39, 0.29) is 11.2 Å². The molecule has 0 aliphatic rings. The first-order valence-corrected chi connectivity index (χ1v) is 8.84. The third-order valence-corrected chi connectivity index (χ3v) is 4.58. The predicted octanol–water partition coefficient (Wildman–Crippen LogP) is 5.39. The van der Waals surface area contributed by atoms with E-state index in [0.29, 0.717) is 33.4 Å². The lowest BCUT2D eigenvalue weighted by Crippen LogP contribution is -2.18. The molecular formula is C16H12BrClF4N4O. The first-order chi connectivity index (χ1) is 12.5. The predicted molar refractivity (Wildman–Crippen MR) is 94.3 cm³/mol. The molecule has 2 aromatic heterocycles. The Morgan fingerprint density at radius 1 is 1.30 bits per heavy atom. The smallest absolute Gasteiger partial charge is 0.403 e. The van der Waals surface area contributed by atoms with Crippen molar-refractivity contribution >= 4 is 38.6 Å². The zero-order valence-corrected chi connectivity index (χ0v) is 16.3. The van der Waals surface area contributed by atoms with Crippen LogP contribution in [0.25, 0.3) is 11.0 Å². The van der Waals surface area contributed by atoms with Gasteiger partial charge < -0.3 is 4.74 Å². The molecule has 0 bridgehead atoms. The second-order valence-electron chi connectivity index (χ2n) is 5.86. The SMILES string of the molecule is Cc1nc(Cl)c2c(Br)nn(C(C)Cc3ccc(OC(F)(F)F)c(F)c3)c2n1. The van der Waals surface area contributed by atoms with Gasteiger partial charge in [-0.3, -0.25) is 0 Å². The van der Waals surface area contributed by atoms with E-state index in [0.717, 1.165) is 12.1 Å². The van der Waals surface area contributed by atoms with Gasteiger partial charge in [0.25, 0.3) is 0 Å². The zero-order chi connectivity index (χ0) is 19.9. The summed E-state index contributed by atoms with van der Waals surface area (Å²) >= 11 is 9.46. The summed E-state index contributed by atoms with van der Waals surface area (Å²) in [6.07, 6.45) is -4.65. The van der Waals surface area contributed by atoms with E-state index in [4.69, 9.17) is 11.6 Å². The van der Waals surface area contributed by atoms with Gasteiger partial charge in [-0.2, -0.15) is 5.10 Å². The summed E-state index contributed by atoms with van der Waals surface area (Å²) in [7, 11) is 0. The van der Waals surface area contributed by atoms with Gasteiger partial charge in [0.1, 0.15) is 15.6 Å². The van der Waals surface area contributed by atoms with Crippen molar-refractivity contribution in [3.8, 4) is 5.75 Å². The van der Waals surface area contributed by atoms with Crippen LogP contribution in [0.5, 0.6) is 5.75 Å². The molecule has 3 rings (SSSR count). The van der Waals surface area contributed by atoms with Crippen LogP contribution in [0.1, 0.15) is 24.4 Å². The van der Waals surface area contributed by atoms with E-state index in [9.17, 15) is 17.6 Å². The Hall–Kier alpha value is -1.94. The molecule has 27 heavy (non-hydrogen) atoms. The van der Waals surface area contributed by atoms with Crippen LogP contribution < -0.4 is 4.74 Å². The molecule has 0 N–H and O–H groups in total. The van der Waals surface area contributed by atoms with Crippen LogP contribution in [0.2, 0.25) is 5.15 Å². The van der Waals surface area contributed by atoms with E-state index in [1.807, 2.05) is 6.92 Å². The number of aromatic nitrogens is 4. The number of halogens is 6. The first-order valence-electron chi connectivity index (χ1n) is 7.67. The summed E-state index contributed by atoms with van der Waals surface area (Å²) < 4.78 is 56.3. The van der Waals surface area contributed by atoms with Crippen LogP contribution in [-0.4, -0.2) is 26.1 Å². The molecule has 11 heteroatoms. The second-order valence-corrected chi connectivity index (χ2v) is 6.97. The van der Waals surface area contributed by atoms with Crippen molar-refractivity contribution in [2.24, 2.45) is 0 Å². The highest BCUT2D eigenvalue weighted by atomic mass is 79.9. The van der Waals surface area contributed by atoms with E-state index >= 15 is 0 Å². The van der Waals surface area contributed by atoms with Crippen molar-refractivity contribution in [1.82, 2.24) is 19.7 Å². The average molecular weight is 468 g/mol. The Morgan fingerprint density at radius 3 is 2.63 bits per heavy atom. The van der Waals surface area contributed by atoms with Gasteiger partial charge in [-0.25, -0.2) is 19.0 Å². The maximum atomic E-state index is 13.9. The lowest BCUT2D eigenvalue weighted by atomic mass is 10.1. The van der Waals surface area contributed by atoms with E-state index < -0.39 is 17.9 Å². The van der Waals surface area contributed by atoms with Crippen molar-refractivity contribution in [2.45, 2.75) is 32.7 Å². The van der Waals surface area contributed by atoms with Gasteiger partial charge in [0.15, 0.2) is 17.2 Å². The summed E-state index contributed by atoms with van der Waals surface area (Å²) in [4.78, 5) is 8.43. The molecule has 0 saturated heterocycles. The van der Waals surface area contributed by atoms with Crippen LogP contribution in [0.3, 0.4) is 0 Å². The van der Waals surface area contributed by atoms with Crippen LogP contribution in [-0.2, 0) is 6.42 Å². The largest absolute Gasteiger partial charge is 0.573 e. The molecule has 0 fully saturated rings. The molecule has 5 nitrogen and oxygen atoms in total. The van der Waals surface area contributed by atoms with Gasteiger partial charge in [-0.1, -0.05) is 17.7 Å². The monoisotopic (exact) mass is 466 g/mol. The van der Waals surface area contributed by atoms with Crippen LogP contribution in [0, 0.1) is 12.7 Å². The van der Waals surface area contributed by atoms with E-state index in [1.54, 1.807) is 11.6 Å². The van der Waals surface area contributed by atoms with Crippen molar-refractivity contribution in [2.75, 3.05) is 0 Å². The molecule has 0 amide bonds. The summed E-state index contributed by atoms with van der Waals surface area (Å²) in [5.74, 6) is -1.50. The lowest BCUT2D eigenvalue weighted by molar-refractivity contribution is -0.275.